The van der Waals surface area contributed by atoms with Crippen LogP contribution in [0.15, 0.2) is 33.6 Å². The molecule has 3 heteroatoms. The molecule has 0 aliphatic carbocycles. The van der Waals surface area contributed by atoms with Crippen molar-refractivity contribution < 1.29 is 8.30 Å². The Morgan fingerprint density at radius 2 is 2.17 bits per heavy atom. The maximum absolute atomic E-state index is 12.1. The lowest BCUT2D eigenvalue weighted by Crippen LogP contribution is -1.66. The van der Waals surface area contributed by atoms with E-state index in [-0.39, 0.29) is 12.1 Å². The highest BCUT2D eigenvalue weighted by atomic mass is 32.2. The molecule has 0 spiro atoms. The minimum Gasteiger partial charge on any atom is -0.461 e. The van der Waals surface area contributed by atoms with E-state index in [0.29, 0.717) is 4.90 Å². The highest BCUT2D eigenvalue weighted by Crippen LogP contribution is 2.25. The lowest BCUT2D eigenvalue weighted by molar-refractivity contribution is 0.578. The molecule has 0 aliphatic rings. The molecule has 0 bridgehead atoms. The van der Waals surface area contributed by atoms with Gasteiger partial charge in [-0.3, -0.25) is 0 Å². The molecule has 1 aromatic carbocycles. The molecular weight excluding hydrogens is 175 g/mol. The normalized spacial score (nSPS) is 10.8. The Labute approximate surface area is 73.9 Å². The molecule has 0 saturated heterocycles. The molecule has 0 radical (unpaired) electrons. The van der Waals surface area contributed by atoms with Gasteiger partial charge in [0.1, 0.15) is 11.3 Å². The topological polar surface area (TPSA) is 13.1 Å². The summed E-state index contributed by atoms with van der Waals surface area (Å²) in [6.07, 6.45) is 0. The standard InChI is InChI=1S/C9H7FOS/c1-6-4-7-2-3-8(12-10)5-9(7)11-6/h2-5H,1H3. The molecule has 2 rings (SSSR count). The van der Waals surface area contributed by atoms with Crippen LogP contribution in [0.2, 0.25) is 0 Å². The highest BCUT2D eigenvalue weighted by molar-refractivity contribution is 7.94. The fraction of sp³-hybridized carbons (Fsp3) is 0.111. The zero-order valence-corrected chi connectivity index (χ0v) is 7.32. The average molecular weight is 182 g/mol. The molecule has 2 aromatic rings. The summed E-state index contributed by atoms with van der Waals surface area (Å²) in [5.74, 6) is 0.853. The predicted octanol–water partition coefficient (Wildman–Crippen LogP) is 3.72. The second kappa shape index (κ2) is 2.83. The number of aryl methyl sites for hydroxylation is 1. The van der Waals surface area contributed by atoms with Crippen LogP contribution >= 0.6 is 12.1 Å². The number of furan rings is 1. The second-order valence-electron chi connectivity index (χ2n) is 2.63. The summed E-state index contributed by atoms with van der Waals surface area (Å²) >= 11 is 0.233. The first kappa shape index (κ1) is 7.68. The smallest absolute Gasteiger partial charge is 0.135 e. The Morgan fingerprint density at radius 1 is 1.33 bits per heavy atom. The van der Waals surface area contributed by atoms with Gasteiger partial charge in [0.05, 0.1) is 12.1 Å². The Bertz CT molecular complexity index is 408. The van der Waals surface area contributed by atoms with Gasteiger partial charge in [-0.05, 0) is 31.2 Å². The number of halogens is 1. The zero-order chi connectivity index (χ0) is 8.55. The summed E-state index contributed by atoms with van der Waals surface area (Å²) in [7, 11) is 0. The average Bonchev–Trinajstić information content (AvgIpc) is 2.43. The Kier molecular flexibility index (Phi) is 1.81. The Hall–Kier alpha value is -0.960. The third-order valence-corrected chi connectivity index (χ3v) is 2.14. The van der Waals surface area contributed by atoms with Crippen LogP contribution < -0.4 is 0 Å². The molecule has 0 unspecified atom stereocenters. The van der Waals surface area contributed by atoms with Gasteiger partial charge in [0.2, 0.25) is 0 Å². The van der Waals surface area contributed by atoms with E-state index in [1.165, 1.54) is 0 Å². The summed E-state index contributed by atoms with van der Waals surface area (Å²) in [6, 6.07) is 7.23. The van der Waals surface area contributed by atoms with E-state index < -0.39 is 0 Å². The van der Waals surface area contributed by atoms with E-state index in [1.54, 1.807) is 12.1 Å². The van der Waals surface area contributed by atoms with Crippen molar-refractivity contribution in [2.75, 3.05) is 0 Å². The van der Waals surface area contributed by atoms with Gasteiger partial charge in [-0.2, -0.15) is 3.89 Å². The van der Waals surface area contributed by atoms with Crippen LogP contribution in [-0.2, 0) is 0 Å². The van der Waals surface area contributed by atoms with E-state index in [9.17, 15) is 3.89 Å². The summed E-state index contributed by atoms with van der Waals surface area (Å²) < 4.78 is 17.5. The first-order valence-electron chi connectivity index (χ1n) is 3.58. The molecule has 1 nitrogen and oxygen atoms in total. The van der Waals surface area contributed by atoms with Gasteiger partial charge in [-0.1, -0.05) is 0 Å². The Morgan fingerprint density at radius 3 is 2.92 bits per heavy atom. The molecule has 62 valence electrons. The second-order valence-corrected chi connectivity index (χ2v) is 3.26. The monoisotopic (exact) mass is 182 g/mol. The minimum absolute atomic E-state index is 0.233. The van der Waals surface area contributed by atoms with Crippen molar-refractivity contribution in [2.45, 2.75) is 11.8 Å². The molecule has 1 heterocycles. The molecule has 0 saturated carbocycles. The van der Waals surface area contributed by atoms with Crippen molar-refractivity contribution in [1.82, 2.24) is 0 Å². The van der Waals surface area contributed by atoms with Crippen molar-refractivity contribution in [2.24, 2.45) is 0 Å². The third-order valence-electron chi connectivity index (χ3n) is 1.70. The maximum Gasteiger partial charge on any atom is 0.135 e. The van der Waals surface area contributed by atoms with Crippen LogP contribution in [-0.4, -0.2) is 0 Å². The van der Waals surface area contributed by atoms with Crippen LogP contribution in [0.4, 0.5) is 3.89 Å². The fourth-order valence-corrected chi connectivity index (χ4v) is 1.46. The molecule has 0 fully saturated rings. The lowest BCUT2D eigenvalue weighted by atomic mass is 10.2. The molecule has 12 heavy (non-hydrogen) atoms. The maximum atomic E-state index is 12.1. The molecule has 0 atom stereocenters. The van der Waals surface area contributed by atoms with Crippen LogP contribution in [0, 0.1) is 6.92 Å². The molecular formula is C9H7FOS. The van der Waals surface area contributed by atoms with Crippen LogP contribution in [0.5, 0.6) is 0 Å². The van der Waals surface area contributed by atoms with Gasteiger partial charge in [-0.25, -0.2) is 0 Å². The van der Waals surface area contributed by atoms with E-state index >= 15 is 0 Å². The van der Waals surface area contributed by atoms with E-state index in [1.807, 2.05) is 19.1 Å². The number of rotatable bonds is 1. The Balaban J connectivity index is 2.66. The first-order chi connectivity index (χ1) is 5.79. The van der Waals surface area contributed by atoms with E-state index in [4.69, 9.17) is 4.42 Å². The van der Waals surface area contributed by atoms with Gasteiger partial charge in [0.25, 0.3) is 0 Å². The fourth-order valence-electron chi connectivity index (χ4n) is 1.19. The minimum atomic E-state index is 0.233. The van der Waals surface area contributed by atoms with Crippen LogP contribution in [0.3, 0.4) is 0 Å². The lowest BCUT2D eigenvalue weighted by Gasteiger charge is -1.90. The number of hydrogen-bond acceptors (Lipinski definition) is 2. The quantitative estimate of drug-likeness (QED) is 0.666. The summed E-state index contributed by atoms with van der Waals surface area (Å²) in [5.41, 5.74) is 0.746. The summed E-state index contributed by atoms with van der Waals surface area (Å²) in [5, 5.41) is 1.02. The number of fused-ring (bicyclic) bond motifs is 1. The molecule has 0 N–H and O–H groups in total. The molecule has 1 aromatic heterocycles. The van der Waals surface area contributed by atoms with E-state index in [2.05, 4.69) is 0 Å². The van der Waals surface area contributed by atoms with Crippen molar-refractivity contribution in [1.29, 1.82) is 0 Å². The van der Waals surface area contributed by atoms with Crippen molar-refractivity contribution >= 4 is 23.1 Å². The summed E-state index contributed by atoms with van der Waals surface area (Å²) in [4.78, 5) is 0.580. The van der Waals surface area contributed by atoms with Crippen LogP contribution in [0.25, 0.3) is 11.0 Å². The van der Waals surface area contributed by atoms with Gasteiger partial charge >= 0.3 is 0 Å². The van der Waals surface area contributed by atoms with E-state index in [0.717, 1.165) is 16.7 Å². The highest BCUT2D eigenvalue weighted by Gasteiger charge is 2.01. The number of benzene rings is 1. The van der Waals surface area contributed by atoms with Gasteiger partial charge in [0.15, 0.2) is 0 Å². The predicted molar refractivity (Wildman–Crippen MR) is 47.9 cm³/mol. The zero-order valence-electron chi connectivity index (χ0n) is 6.50. The van der Waals surface area contributed by atoms with Gasteiger partial charge < -0.3 is 4.42 Å². The molecule has 0 amide bonds. The van der Waals surface area contributed by atoms with Gasteiger partial charge in [0, 0.05) is 10.3 Å². The molecule has 0 aliphatic heterocycles. The van der Waals surface area contributed by atoms with Crippen molar-refractivity contribution in [3.05, 3.63) is 30.0 Å². The van der Waals surface area contributed by atoms with Gasteiger partial charge in [-0.15, -0.1) is 0 Å². The first-order valence-corrected chi connectivity index (χ1v) is 4.30. The van der Waals surface area contributed by atoms with Crippen LogP contribution in [0.1, 0.15) is 5.76 Å². The SMILES string of the molecule is Cc1cc2ccc(SF)cc2o1. The third kappa shape index (κ3) is 1.20. The number of hydrogen-bond donors (Lipinski definition) is 0. The van der Waals surface area contributed by atoms with Crippen molar-refractivity contribution in [3.8, 4) is 0 Å². The largest absolute Gasteiger partial charge is 0.461 e. The summed E-state index contributed by atoms with van der Waals surface area (Å²) in [6.45, 7) is 1.88. The van der Waals surface area contributed by atoms with Crippen molar-refractivity contribution in [3.63, 3.8) is 0 Å².